The first-order valence-corrected chi connectivity index (χ1v) is 17.0. The van der Waals surface area contributed by atoms with Crippen molar-refractivity contribution >= 4 is 33.8 Å². The monoisotopic (exact) mass is 618 g/mol. The first kappa shape index (κ1) is 31.6. The maximum atomic E-state index is 4.85. The molecule has 2 heterocycles. The predicted molar refractivity (Wildman–Crippen MR) is 202 cm³/mol. The fraction of sp³-hybridized carbons (Fsp3) is 0.214. The van der Waals surface area contributed by atoms with Crippen LogP contribution in [0.5, 0.6) is 0 Å². The lowest BCUT2D eigenvalue weighted by molar-refractivity contribution is 1.02. The molecule has 46 heavy (non-hydrogen) atoms. The van der Waals surface area contributed by atoms with Gasteiger partial charge in [0.1, 0.15) is 5.82 Å². The van der Waals surface area contributed by atoms with Gasteiger partial charge in [-0.2, -0.15) is 0 Å². The van der Waals surface area contributed by atoms with Crippen LogP contribution >= 0.6 is 11.3 Å². The van der Waals surface area contributed by atoms with Crippen molar-refractivity contribution in [2.45, 2.75) is 61.8 Å². The number of aryl methyl sites for hydroxylation is 8. The smallest absolute Gasteiger partial charge is 0.255 e. The molecule has 4 heteroatoms. The van der Waals surface area contributed by atoms with Gasteiger partial charge in [-0.25, -0.2) is 4.98 Å². The summed E-state index contributed by atoms with van der Waals surface area (Å²) >= 11 is 1.91. The van der Waals surface area contributed by atoms with E-state index in [4.69, 9.17) is 4.98 Å². The summed E-state index contributed by atoms with van der Waals surface area (Å²) in [6, 6.07) is 27.4. The molecule has 0 saturated heterocycles. The zero-order valence-corrected chi connectivity index (χ0v) is 29.3. The minimum Gasteiger partial charge on any atom is -0.299 e. The van der Waals surface area contributed by atoms with Crippen molar-refractivity contribution in [2.24, 2.45) is 0 Å². The van der Waals surface area contributed by atoms with Crippen LogP contribution in [0.1, 0.15) is 50.1 Å². The summed E-state index contributed by atoms with van der Waals surface area (Å²) in [6.07, 6.45) is 6.82. The Morgan fingerprint density at radius 2 is 1.26 bits per heavy atom. The molecule has 0 unspecified atom stereocenters. The molecule has 0 spiro atoms. The molecular weight excluding hydrogens is 575 g/mol. The van der Waals surface area contributed by atoms with E-state index in [1.165, 1.54) is 81.9 Å². The highest BCUT2D eigenvalue weighted by Crippen LogP contribution is 2.31. The Hall–Kier alpha value is -4.41. The van der Waals surface area contributed by atoms with Crippen molar-refractivity contribution in [1.29, 1.82) is 0 Å². The van der Waals surface area contributed by atoms with Crippen molar-refractivity contribution in [3.8, 4) is 27.5 Å². The second kappa shape index (κ2) is 12.8. The number of benzene rings is 4. The second-order valence-corrected chi connectivity index (χ2v) is 14.1. The normalized spacial score (nSPS) is 11.2. The Kier molecular flexibility index (Phi) is 8.77. The van der Waals surface area contributed by atoms with Crippen LogP contribution < -0.4 is 15.7 Å². The minimum absolute atomic E-state index is 0.178. The van der Waals surface area contributed by atoms with Crippen LogP contribution in [0.25, 0.3) is 27.5 Å². The number of allylic oxidation sites excluding steroid dienone is 1. The number of hydrogen-bond acceptors (Lipinski definition) is 2. The van der Waals surface area contributed by atoms with Gasteiger partial charge in [-0.05, 0) is 101 Å². The van der Waals surface area contributed by atoms with E-state index >= 15 is 0 Å². The Labute approximate surface area is 279 Å². The van der Waals surface area contributed by atoms with Crippen molar-refractivity contribution in [2.75, 3.05) is 0 Å². The topological polar surface area (TPSA) is 17.8 Å². The summed E-state index contributed by atoms with van der Waals surface area (Å²) < 4.78 is 3.61. The Bertz CT molecular complexity index is 1970. The van der Waals surface area contributed by atoms with Crippen LogP contribution in [0.2, 0.25) is 0 Å². The number of rotatable bonds is 8. The molecule has 230 valence electrons. The average Bonchev–Trinajstić information content (AvgIpc) is 3.66. The van der Waals surface area contributed by atoms with Gasteiger partial charge in [0.2, 0.25) is 0 Å². The minimum atomic E-state index is 0.178. The van der Waals surface area contributed by atoms with Gasteiger partial charge in [-0.3, -0.25) is 4.57 Å². The molecule has 4 aromatic carbocycles. The molecule has 0 N–H and O–H groups in total. The van der Waals surface area contributed by atoms with Gasteiger partial charge < -0.3 is 0 Å². The highest BCUT2D eigenvalue weighted by Gasteiger charge is 2.30. The summed E-state index contributed by atoms with van der Waals surface area (Å²) in [5.74, 6) is 0.955. The number of imidazole rings is 1. The highest BCUT2D eigenvalue weighted by atomic mass is 32.1. The van der Waals surface area contributed by atoms with E-state index in [2.05, 4.69) is 146 Å². The number of nitrogens with zero attached hydrogens (tertiary/aromatic N) is 2. The molecular formula is C42H43BN2S. The molecule has 0 aliphatic carbocycles. The Morgan fingerprint density at radius 3 is 1.83 bits per heavy atom. The molecule has 0 atom stereocenters. The second-order valence-electron chi connectivity index (χ2n) is 13.0. The molecule has 0 aliphatic rings. The van der Waals surface area contributed by atoms with E-state index < -0.39 is 0 Å². The lowest BCUT2D eigenvalue weighted by Gasteiger charge is -2.23. The predicted octanol–water partition coefficient (Wildman–Crippen LogP) is 8.98. The van der Waals surface area contributed by atoms with Crippen molar-refractivity contribution in [3.05, 3.63) is 148 Å². The van der Waals surface area contributed by atoms with Crippen LogP contribution in [0.15, 0.2) is 97.8 Å². The van der Waals surface area contributed by atoms with E-state index in [9.17, 15) is 0 Å². The summed E-state index contributed by atoms with van der Waals surface area (Å²) in [4.78, 5) is 6.12. The van der Waals surface area contributed by atoms with Gasteiger partial charge >= 0.3 is 0 Å². The zero-order chi connectivity index (χ0) is 32.7. The maximum Gasteiger partial charge on any atom is 0.255 e. The first-order valence-electron chi connectivity index (χ1n) is 16.2. The first-order chi connectivity index (χ1) is 22.0. The largest absolute Gasteiger partial charge is 0.299 e. The third-order valence-corrected chi connectivity index (χ3v) is 10.4. The molecule has 0 bridgehead atoms. The number of hydrogen-bond donors (Lipinski definition) is 0. The van der Waals surface area contributed by atoms with Gasteiger partial charge in [0.25, 0.3) is 6.71 Å². The van der Waals surface area contributed by atoms with Crippen LogP contribution in [-0.4, -0.2) is 16.3 Å². The summed E-state index contributed by atoms with van der Waals surface area (Å²) in [7, 11) is 0. The molecule has 6 rings (SSSR count). The van der Waals surface area contributed by atoms with Gasteiger partial charge in [0.15, 0.2) is 0 Å². The van der Waals surface area contributed by atoms with Crippen LogP contribution in [0, 0.1) is 55.4 Å². The van der Waals surface area contributed by atoms with Gasteiger partial charge in [-0.1, -0.05) is 111 Å². The number of thiophene rings is 1. The number of aromatic nitrogens is 2. The fourth-order valence-electron chi connectivity index (χ4n) is 7.60. The molecule has 0 fully saturated rings. The van der Waals surface area contributed by atoms with Crippen molar-refractivity contribution in [3.63, 3.8) is 0 Å². The van der Waals surface area contributed by atoms with E-state index in [0.29, 0.717) is 0 Å². The average molecular weight is 619 g/mol. The van der Waals surface area contributed by atoms with Gasteiger partial charge in [0.05, 0.1) is 5.69 Å². The molecule has 0 radical (unpaired) electrons. The maximum absolute atomic E-state index is 4.85. The van der Waals surface area contributed by atoms with Crippen molar-refractivity contribution in [1.82, 2.24) is 9.55 Å². The fourth-order valence-corrected chi connectivity index (χ4v) is 8.73. The van der Waals surface area contributed by atoms with E-state index in [1.807, 2.05) is 23.6 Å². The SMILES string of the molecule is C=CCc1cc(C)c(-n2ccnc2-c2cccc(-c3ccc(B(c4c(C)cc(C)cc4C)c4c(C)cc(C)cc4C)s3)c2)c(C)c1. The van der Waals surface area contributed by atoms with Crippen LogP contribution in [0.3, 0.4) is 0 Å². The molecule has 0 amide bonds. The zero-order valence-electron chi connectivity index (χ0n) is 28.5. The van der Waals surface area contributed by atoms with Gasteiger partial charge in [0, 0.05) is 22.8 Å². The van der Waals surface area contributed by atoms with Crippen LogP contribution in [-0.2, 0) is 6.42 Å². The molecule has 6 aromatic rings. The van der Waals surface area contributed by atoms with Crippen LogP contribution in [0.4, 0.5) is 0 Å². The summed E-state index contributed by atoms with van der Waals surface area (Å²) in [6.45, 7) is 22.0. The lowest BCUT2D eigenvalue weighted by Crippen LogP contribution is -2.54. The third-order valence-electron chi connectivity index (χ3n) is 9.18. The standard InChI is InChI=1S/C42H43BN2S/c1-10-12-34-23-32(8)41(33(9)24-34)45-18-17-44-42(45)36-14-11-13-35(25-36)37-15-16-38(46-37)43(39-28(4)19-26(2)20-29(39)5)40-30(6)21-27(3)22-31(40)7/h10-11,13-25H,1,12H2,2-9H3. The third kappa shape index (κ3) is 5.95. The van der Waals surface area contributed by atoms with E-state index in [1.54, 1.807) is 0 Å². The molecule has 2 nitrogen and oxygen atoms in total. The van der Waals surface area contributed by atoms with E-state index in [0.717, 1.165) is 17.8 Å². The highest BCUT2D eigenvalue weighted by molar-refractivity contribution is 7.29. The molecule has 0 aliphatic heterocycles. The quantitative estimate of drug-likeness (QED) is 0.123. The summed E-state index contributed by atoms with van der Waals surface area (Å²) in [5, 5.41) is 0. The Balaban J connectivity index is 1.44. The van der Waals surface area contributed by atoms with Gasteiger partial charge in [-0.15, -0.1) is 17.9 Å². The molecule has 0 saturated carbocycles. The molecule has 2 aromatic heterocycles. The summed E-state index contributed by atoms with van der Waals surface area (Å²) in [5.41, 5.74) is 18.2. The van der Waals surface area contributed by atoms with Crippen molar-refractivity contribution < 1.29 is 0 Å². The lowest BCUT2D eigenvalue weighted by atomic mass is 9.37. The Morgan fingerprint density at radius 1 is 0.696 bits per heavy atom. The van der Waals surface area contributed by atoms with E-state index in [-0.39, 0.29) is 6.71 Å².